The average molecular weight is 471 g/mol. The van der Waals surface area contributed by atoms with Gasteiger partial charge in [0.1, 0.15) is 11.5 Å². The number of carbonyl (C=O) groups excluding carboxylic acids is 1. The third-order valence-electron chi connectivity index (χ3n) is 5.71. The third-order valence-corrected chi connectivity index (χ3v) is 6.01. The molecule has 2 heterocycles. The molecule has 0 saturated carbocycles. The van der Waals surface area contributed by atoms with Gasteiger partial charge in [-0.05, 0) is 32.4 Å². The maximum atomic E-state index is 13.0. The van der Waals surface area contributed by atoms with E-state index in [0.717, 1.165) is 30.5 Å². The summed E-state index contributed by atoms with van der Waals surface area (Å²) in [7, 11) is 3.06. The first-order chi connectivity index (χ1) is 16.0. The van der Waals surface area contributed by atoms with Crippen molar-refractivity contribution < 1.29 is 18.8 Å². The molecule has 1 aromatic heterocycles. The van der Waals surface area contributed by atoms with Crippen LogP contribution >= 0.6 is 11.6 Å². The quantitative estimate of drug-likeness (QED) is 0.541. The number of hydrogen-bond donors (Lipinski definition) is 1. The normalized spacial score (nSPS) is 16.4. The Hall–Kier alpha value is -3.10. The van der Waals surface area contributed by atoms with Gasteiger partial charge in [0.15, 0.2) is 0 Å². The summed E-state index contributed by atoms with van der Waals surface area (Å²) in [5, 5.41) is 7.50. The van der Waals surface area contributed by atoms with E-state index < -0.39 is 0 Å². The number of aromatic nitrogens is 2. The van der Waals surface area contributed by atoms with Crippen LogP contribution in [0.25, 0.3) is 11.4 Å². The summed E-state index contributed by atoms with van der Waals surface area (Å²) in [6.45, 7) is 3.99. The molecule has 2 aromatic carbocycles. The number of hydrogen-bond acceptors (Lipinski definition) is 7. The Morgan fingerprint density at radius 2 is 2.06 bits per heavy atom. The lowest BCUT2D eigenvalue weighted by Crippen LogP contribution is -2.40. The first-order valence-corrected chi connectivity index (χ1v) is 11.2. The number of aryl methyl sites for hydroxylation is 1. The van der Waals surface area contributed by atoms with E-state index in [1.807, 2.05) is 31.2 Å². The number of carbonyl (C=O) groups is 1. The van der Waals surface area contributed by atoms with Crippen molar-refractivity contribution in [2.45, 2.75) is 26.3 Å². The first-order valence-electron chi connectivity index (χ1n) is 10.8. The minimum atomic E-state index is -0.177. The van der Waals surface area contributed by atoms with E-state index in [1.165, 1.54) is 14.2 Å². The molecule has 1 aliphatic rings. The summed E-state index contributed by atoms with van der Waals surface area (Å²) in [5.41, 5.74) is 2.59. The van der Waals surface area contributed by atoms with Gasteiger partial charge in [-0.25, -0.2) is 0 Å². The Bertz CT molecular complexity index is 1130. The molecule has 8 nitrogen and oxygen atoms in total. The average Bonchev–Trinajstić information content (AvgIpc) is 3.28. The number of likely N-dealkylation sites (tertiary alicyclic amines) is 1. The van der Waals surface area contributed by atoms with Gasteiger partial charge >= 0.3 is 0 Å². The van der Waals surface area contributed by atoms with E-state index in [2.05, 4.69) is 20.4 Å². The van der Waals surface area contributed by atoms with Gasteiger partial charge in [-0.3, -0.25) is 9.69 Å². The molecule has 1 amide bonds. The van der Waals surface area contributed by atoms with E-state index in [1.54, 1.807) is 12.1 Å². The summed E-state index contributed by atoms with van der Waals surface area (Å²) in [4.78, 5) is 19.7. The number of ether oxygens (including phenoxy) is 2. The number of benzene rings is 2. The lowest BCUT2D eigenvalue weighted by atomic mass is 9.97. The largest absolute Gasteiger partial charge is 0.495 e. The van der Waals surface area contributed by atoms with Crippen molar-refractivity contribution in [3.05, 3.63) is 52.9 Å². The summed E-state index contributed by atoms with van der Waals surface area (Å²) in [5.74, 6) is 1.81. The van der Waals surface area contributed by atoms with Crippen molar-refractivity contribution in [1.82, 2.24) is 15.0 Å². The number of rotatable bonds is 7. The van der Waals surface area contributed by atoms with Gasteiger partial charge in [0.2, 0.25) is 17.6 Å². The summed E-state index contributed by atoms with van der Waals surface area (Å²) in [6, 6.07) is 11.3. The van der Waals surface area contributed by atoms with Gasteiger partial charge in [0.25, 0.3) is 0 Å². The fourth-order valence-corrected chi connectivity index (χ4v) is 4.25. The maximum Gasteiger partial charge on any atom is 0.241 e. The first kappa shape index (κ1) is 23.1. The fraction of sp³-hybridized carbons (Fsp3) is 0.375. The molecule has 9 heteroatoms. The lowest BCUT2D eigenvalue weighted by molar-refractivity contribution is -0.121. The van der Waals surface area contributed by atoms with Crippen LogP contribution in [0.4, 0.5) is 5.69 Å². The molecule has 174 valence electrons. The number of nitrogens with zero attached hydrogens (tertiary/aromatic N) is 3. The highest BCUT2D eigenvalue weighted by Crippen LogP contribution is 2.36. The molecule has 0 spiro atoms. The topological polar surface area (TPSA) is 89.7 Å². The van der Waals surface area contributed by atoms with E-state index in [0.29, 0.717) is 47.0 Å². The molecule has 4 rings (SSSR count). The van der Waals surface area contributed by atoms with Gasteiger partial charge in [-0.15, -0.1) is 0 Å². The lowest BCUT2D eigenvalue weighted by Gasteiger charge is -2.31. The van der Waals surface area contributed by atoms with Gasteiger partial charge < -0.3 is 19.3 Å². The number of methoxy groups -OCH3 is 2. The molecular formula is C24H27ClN4O4. The molecule has 3 aromatic rings. The highest BCUT2D eigenvalue weighted by Gasteiger charge is 2.28. The molecule has 1 fully saturated rings. The van der Waals surface area contributed by atoms with Crippen LogP contribution < -0.4 is 14.8 Å². The van der Waals surface area contributed by atoms with Crippen LogP contribution in [0, 0.1) is 12.8 Å². The maximum absolute atomic E-state index is 13.0. The van der Waals surface area contributed by atoms with E-state index in [4.69, 9.17) is 25.6 Å². The molecule has 1 unspecified atom stereocenters. The molecule has 1 N–H and O–H groups in total. The number of nitrogens with one attached hydrogen (secondary N) is 1. The van der Waals surface area contributed by atoms with E-state index >= 15 is 0 Å². The molecular weight excluding hydrogens is 444 g/mol. The Labute approximate surface area is 197 Å². The molecule has 1 atom stereocenters. The van der Waals surface area contributed by atoms with Crippen LogP contribution in [-0.2, 0) is 11.3 Å². The van der Waals surface area contributed by atoms with E-state index in [9.17, 15) is 4.79 Å². The Balaban J connectivity index is 1.40. The highest BCUT2D eigenvalue weighted by atomic mass is 35.5. The van der Waals surface area contributed by atoms with Crippen LogP contribution in [0.2, 0.25) is 5.02 Å². The molecule has 0 radical (unpaired) electrons. The molecule has 1 saturated heterocycles. The van der Waals surface area contributed by atoms with Gasteiger partial charge in [-0.1, -0.05) is 40.5 Å². The van der Waals surface area contributed by atoms with Crippen molar-refractivity contribution in [3.8, 4) is 22.9 Å². The fourth-order valence-electron chi connectivity index (χ4n) is 4.02. The minimum Gasteiger partial charge on any atom is -0.495 e. The number of piperidine rings is 1. The summed E-state index contributed by atoms with van der Waals surface area (Å²) in [6.07, 6.45) is 1.70. The summed E-state index contributed by atoms with van der Waals surface area (Å²) >= 11 is 6.17. The van der Waals surface area contributed by atoms with E-state index in [-0.39, 0.29) is 11.8 Å². The smallest absolute Gasteiger partial charge is 0.241 e. The second kappa shape index (κ2) is 10.2. The molecule has 0 aliphatic carbocycles. The number of anilines is 1. The number of amides is 1. The zero-order chi connectivity index (χ0) is 23.4. The van der Waals surface area contributed by atoms with Crippen molar-refractivity contribution >= 4 is 23.2 Å². The van der Waals surface area contributed by atoms with Gasteiger partial charge in [0.05, 0.1) is 37.4 Å². The van der Waals surface area contributed by atoms with Crippen LogP contribution in [0.1, 0.15) is 24.3 Å². The SMILES string of the molecule is COc1cc(NC(=O)C2CCCN(Cc3nc(-c4cccc(C)c4)no3)C2)c(OC)cc1Cl. The van der Waals surface area contributed by atoms with Crippen molar-refractivity contribution in [3.63, 3.8) is 0 Å². The molecule has 1 aliphatic heterocycles. The standard InChI is InChI=1S/C24H27ClN4O4/c1-15-6-4-7-16(10-15)23-27-22(33-28-23)14-29-9-5-8-17(13-29)24(30)26-19-12-20(31-2)18(25)11-21(19)32-3/h4,6-7,10-12,17H,5,8-9,13-14H2,1-3H3,(H,26,30). The Morgan fingerprint density at radius 1 is 1.24 bits per heavy atom. The highest BCUT2D eigenvalue weighted by molar-refractivity contribution is 6.32. The van der Waals surface area contributed by atoms with Crippen LogP contribution in [0.15, 0.2) is 40.9 Å². The second-order valence-electron chi connectivity index (χ2n) is 8.13. The predicted octanol–water partition coefficient (Wildman–Crippen LogP) is 4.57. The monoisotopic (exact) mass is 470 g/mol. The van der Waals surface area contributed by atoms with Crippen LogP contribution in [0.3, 0.4) is 0 Å². The Kier molecular flexibility index (Phi) is 7.15. The zero-order valence-electron chi connectivity index (χ0n) is 18.9. The van der Waals surface area contributed by atoms with Crippen LogP contribution in [0.5, 0.6) is 11.5 Å². The minimum absolute atomic E-state index is 0.0756. The molecule has 33 heavy (non-hydrogen) atoms. The van der Waals surface area contributed by atoms with Crippen molar-refractivity contribution in [1.29, 1.82) is 0 Å². The Morgan fingerprint density at radius 3 is 2.82 bits per heavy atom. The molecule has 0 bridgehead atoms. The zero-order valence-corrected chi connectivity index (χ0v) is 19.7. The van der Waals surface area contributed by atoms with Crippen molar-refractivity contribution in [2.24, 2.45) is 5.92 Å². The van der Waals surface area contributed by atoms with Crippen LogP contribution in [-0.4, -0.2) is 48.3 Å². The third kappa shape index (κ3) is 5.46. The van der Waals surface area contributed by atoms with Crippen molar-refractivity contribution in [2.75, 3.05) is 32.6 Å². The van der Waals surface area contributed by atoms with Gasteiger partial charge in [0, 0.05) is 24.2 Å². The van der Waals surface area contributed by atoms with Gasteiger partial charge in [-0.2, -0.15) is 4.98 Å². The summed E-state index contributed by atoms with van der Waals surface area (Å²) < 4.78 is 16.1. The second-order valence-corrected chi connectivity index (χ2v) is 8.54. The predicted molar refractivity (Wildman–Crippen MR) is 126 cm³/mol. The number of halogens is 1.